The molecule has 0 unspecified atom stereocenters. The molecule has 0 atom stereocenters. The third-order valence-electron chi connectivity index (χ3n) is 0.987. The summed E-state index contributed by atoms with van der Waals surface area (Å²) in [6.07, 6.45) is 1.56. The van der Waals surface area contributed by atoms with Gasteiger partial charge in [0.05, 0.1) is 5.83 Å². The van der Waals surface area contributed by atoms with Crippen LogP contribution >= 0.6 is 0 Å². The predicted octanol–water partition coefficient (Wildman–Crippen LogP) is 3.85. The lowest BCUT2D eigenvalue weighted by Gasteiger charge is -1.79. The Morgan fingerprint density at radius 2 is 1.40 bits per heavy atom. The lowest BCUT2D eigenvalue weighted by atomic mass is 10.3. The van der Waals surface area contributed by atoms with Crippen LogP contribution in [-0.2, 0) is 0 Å². The Morgan fingerprint density at radius 3 is 1.40 bits per heavy atom. The average molecular weight is 144 g/mol. The van der Waals surface area contributed by atoms with Crippen molar-refractivity contribution in [2.24, 2.45) is 0 Å². The van der Waals surface area contributed by atoms with E-state index in [1.54, 1.807) is 6.92 Å². The molecular formula is C9H17F. The van der Waals surface area contributed by atoms with E-state index in [1.165, 1.54) is 5.57 Å². The number of halogens is 1. The summed E-state index contributed by atoms with van der Waals surface area (Å²) in [5.41, 5.74) is 1.25. The highest BCUT2D eigenvalue weighted by Crippen LogP contribution is 1.93. The number of allylic oxidation sites excluding steroid dienone is 2. The summed E-state index contributed by atoms with van der Waals surface area (Å²) in [5.74, 6) is -0.245. The Balaban J connectivity index is 0. The van der Waals surface area contributed by atoms with E-state index in [-0.39, 0.29) is 5.83 Å². The molecular weight excluding hydrogens is 127 g/mol. The van der Waals surface area contributed by atoms with Crippen LogP contribution in [0.15, 0.2) is 24.6 Å². The summed E-state index contributed by atoms with van der Waals surface area (Å²) in [6.45, 7) is 12.5. The molecule has 0 nitrogen and oxygen atoms in total. The van der Waals surface area contributed by atoms with Gasteiger partial charge < -0.3 is 0 Å². The summed E-state index contributed by atoms with van der Waals surface area (Å²) >= 11 is 0. The maximum Gasteiger partial charge on any atom is 0.0925 e. The van der Waals surface area contributed by atoms with E-state index in [9.17, 15) is 4.39 Å². The van der Waals surface area contributed by atoms with E-state index in [4.69, 9.17) is 0 Å². The maximum absolute atomic E-state index is 11.2. The van der Waals surface area contributed by atoms with E-state index >= 15 is 0 Å². The summed E-state index contributed by atoms with van der Waals surface area (Å²) in [7, 11) is 0. The zero-order valence-corrected chi connectivity index (χ0v) is 7.21. The Morgan fingerprint density at radius 1 is 1.20 bits per heavy atom. The van der Waals surface area contributed by atoms with Gasteiger partial charge in [0.15, 0.2) is 0 Å². The normalized spacial score (nSPS) is 7.60. The van der Waals surface area contributed by atoms with Gasteiger partial charge in [0.1, 0.15) is 0 Å². The Kier molecular flexibility index (Phi) is 10.2. The van der Waals surface area contributed by atoms with Gasteiger partial charge in [-0.3, -0.25) is 0 Å². The molecule has 60 valence electrons. The minimum absolute atomic E-state index is 0.245. The highest BCUT2D eigenvalue weighted by molar-refractivity contribution is 4.84. The molecule has 0 aliphatic heterocycles. The molecule has 0 aromatic carbocycles. The highest BCUT2D eigenvalue weighted by Gasteiger charge is 1.73. The molecule has 1 heteroatoms. The van der Waals surface area contributed by atoms with Gasteiger partial charge in [0.2, 0.25) is 0 Å². The van der Waals surface area contributed by atoms with Crippen molar-refractivity contribution in [2.45, 2.75) is 33.6 Å². The summed E-state index contributed by atoms with van der Waals surface area (Å²) in [6, 6.07) is 0. The molecule has 0 aromatic heterocycles. The molecule has 0 amide bonds. The van der Waals surface area contributed by atoms with Gasteiger partial charge in [-0.15, -0.1) is 6.58 Å². The maximum atomic E-state index is 11.2. The third-order valence-corrected chi connectivity index (χ3v) is 0.987. The zero-order valence-electron chi connectivity index (χ0n) is 7.21. The molecule has 0 spiro atoms. The van der Waals surface area contributed by atoms with E-state index < -0.39 is 0 Å². The van der Waals surface area contributed by atoms with Crippen LogP contribution in [0.25, 0.3) is 0 Å². The molecule has 0 aromatic rings. The van der Waals surface area contributed by atoms with Crippen LogP contribution in [0, 0.1) is 0 Å². The Hall–Kier alpha value is -0.590. The molecule has 0 aliphatic rings. The standard InChI is InChI=1S/C5H10.C4H7F/c1-4-5(2)3;1-3-4(2)5/h2,4H2,1,3H3;2-3H2,1H3. The van der Waals surface area contributed by atoms with E-state index in [0.717, 1.165) is 6.42 Å². The van der Waals surface area contributed by atoms with Crippen molar-refractivity contribution < 1.29 is 4.39 Å². The summed E-state index contributed by atoms with van der Waals surface area (Å²) in [4.78, 5) is 0. The van der Waals surface area contributed by atoms with Gasteiger partial charge in [0.25, 0.3) is 0 Å². The molecule has 0 rings (SSSR count). The Labute approximate surface area is 63.5 Å². The SMILES string of the molecule is C=C(C)CC.C=C(F)CC. The van der Waals surface area contributed by atoms with Gasteiger partial charge in [-0.05, 0) is 19.8 Å². The second-order valence-corrected chi connectivity index (χ2v) is 2.18. The smallest absolute Gasteiger partial charge is 0.0925 e. The van der Waals surface area contributed by atoms with Gasteiger partial charge in [-0.25, -0.2) is 4.39 Å². The molecule has 0 aliphatic carbocycles. The number of hydrogen-bond donors (Lipinski definition) is 0. The fourth-order valence-corrected chi connectivity index (χ4v) is 0. The lowest BCUT2D eigenvalue weighted by molar-refractivity contribution is 0.609. The molecule has 0 radical (unpaired) electrons. The van der Waals surface area contributed by atoms with Crippen molar-refractivity contribution in [1.82, 2.24) is 0 Å². The summed E-state index contributed by atoms with van der Waals surface area (Å²) in [5, 5.41) is 0. The first-order valence-corrected chi connectivity index (χ1v) is 3.52. The van der Waals surface area contributed by atoms with Gasteiger partial charge in [-0.2, -0.15) is 0 Å². The van der Waals surface area contributed by atoms with Crippen LogP contribution in [0.3, 0.4) is 0 Å². The van der Waals surface area contributed by atoms with E-state index in [2.05, 4.69) is 20.1 Å². The molecule has 0 bridgehead atoms. The van der Waals surface area contributed by atoms with Crippen molar-refractivity contribution in [1.29, 1.82) is 0 Å². The van der Waals surface area contributed by atoms with Gasteiger partial charge in [0, 0.05) is 0 Å². The number of hydrogen-bond acceptors (Lipinski definition) is 0. The topological polar surface area (TPSA) is 0 Å². The molecule has 0 heterocycles. The largest absolute Gasteiger partial charge is 0.212 e. The Bertz CT molecular complexity index is 89.3. The van der Waals surface area contributed by atoms with Crippen LogP contribution < -0.4 is 0 Å². The van der Waals surface area contributed by atoms with Crippen molar-refractivity contribution in [3.63, 3.8) is 0 Å². The fraction of sp³-hybridized carbons (Fsp3) is 0.556. The first-order valence-electron chi connectivity index (χ1n) is 3.52. The average Bonchev–Trinajstić information content (AvgIpc) is 1.89. The van der Waals surface area contributed by atoms with Gasteiger partial charge in [-0.1, -0.05) is 26.0 Å². The minimum Gasteiger partial charge on any atom is -0.212 e. The fourth-order valence-electron chi connectivity index (χ4n) is 0. The lowest BCUT2D eigenvalue weighted by Crippen LogP contribution is -1.58. The highest BCUT2D eigenvalue weighted by atomic mass is 19.1. The first kappa shape index (κ1) is 12.1. The van der Waals surface area contributed by atoms with Crippen molar-refractivity contribution in [3.8, 4) is 0 Å². The molecule has 0 fully saturated rings. The van der Waals surface area contributed by atoms with Gasteiger partial charge >= 0.3 is 0 Å². The van der Waals surface area contributed by atoms with E-state index in [0.29, 0.717) is 6.42 Å². The first-order chi connectivity index (χ1) is 4.54. The zero-order chi connectivity index (χ0) is 8.57. The van der Waals surface area contributed by atoms with Crippen LogP contribution in [0.4, 0.5) is 4.39 Å². The summed E-state index contributed by atoms with van der Waals surface area (Å²) < 4.78 is 11.2. The van der Waals surface area contributed by atoms with Crippen LogP contribution in [0.5, 0.6) is 0 Å². The predicted molar refractivity (Wildman–Crippen MR) is 45.6 cm³/mol. The third kappa shape index (κ3) is 26.2. The molecule has 10 heavy (non-hydrogen) atoms. The van der Waals surface area contributed by atoms with Crippen LogP contribution in [0.1, 0.15) is 33.6 Å². The molecule has 0 saturated heterocycles. The monoisotopic (exact) mass is 144 g/mol. The van der Waals surface area contributed by atoms with Crippen molar-refractivity contribution in [2.75, 3.05) is 0 Å². The van der Waals surface area contributed by atoms with E-state index in [1.807, 2.05) is 6.92 Å². The second-order valence-electron chi connectivity index (χ2n) is 2.18. The van der Waals surface area contributed by atoms with Crippen molar-refractivity contribution >= 4 is 0 Å². The molecule has 0 saturated carbocycles. The number of rotatable bonds is 2. The van der Waals surface area contributed by atoms with Crippen molar-refractivity contribution in [3.05, 3.63) is 24.6 Å². The van der Waals surface area contributed by atoms with Crippen LogP contribution in [-0.4, -0.2) is 0 Å². The van der Waals surface area contributed by atoms with Crippen LogP contribution in [0.2, 0.25) is 0 Å². The quantitative estimate of drug-likeness (QED) is 0.516. The molecule has 0 N–H and O–H groups in total. The minimum atomic E-state index is -0.245. The second kappa shape index (κ2) is 8.41.